The fourth-order valence-electron chi connectivity index (χ4n) is 1.72. The van der Waals surface area contributed by atoms with Gasteiger partial charge in [-0.3, -0.25) is 19.3 Å². The first-order chi connectivity index (χ1) is 7.35. The van der Waals surface area contributed by atoms with Gasteiger partial charge in [0.15, 0.2) is 0 Å². The van der Waals surface area contributed by atoms with Gasteiger partial charge in [0.2, 0.25) is 11.8 Å². The maximum absolute atomic E-state index is 11.7. The van der Waals surface area contributed by atoms with Crippen molar-refractivity contribution in [2.24, 2.45) is 5.41 Å². The summed E-state index contributed by atoms with van der Waals surface area (Å²) in [4.78, 5) is 35.5. The number of nitrogens with zero attached hydrogens (tertiary/aromatic N) is 1. The Morgan fingerprint density at radius 3 is 2.25 bits per heavy atom. The van der Waals surface area contributed by atoms with Crippen LogP contribution >= 0.6 is 0 Å². The molecule has 0 N–H and O–H groups in total. The van der Waals surface area contributed by atoms with E-state index in [0.717, 1.165) is 4.90 Å². The molecule has 1 aliphatic heterocycles. The highest BCUT2D eigenvalue weighted by Gasteiger charge is 2.38. The van der Waals surface area contributed by atoms with Gasteiger partial charge in [0, 0.05) is 12.8 Å². The van der Waals surface area contributed by atoms with Crippen LogP contribution in [0.25, 0.3) is 0 Å². The molecule has 0 atom stereocenters. The lowest BCUT2D eigenvalue weighted by molar-refractivity contribution is -0.160. The first-order valence-electron chi connectivity index (χ1n) is 5.34. The molecular weight excluding hydrogens is 210 g/mol. The number of hydrogen-bond donors (Lipinski definition) is 0. The molecular formula is C11H17NO4. The summed E-state index contributed by atoms with van der Waals surface area (Å²) >= 11 is 0. The number of likely N-dealkylation sites (tertiary alicyclic amines) is 1. The Balaban J connectivity index is 2.65. The molecule has 16 heavy (non-hydrogen) atoms. The maximum Gasteiger partial charge on any atom is 0.326 e. The average Bonchev–Trinajstić information content (AvgIpc) is 2.10. The molecule has 0 aliphatic carbocycles. The summed E-state index contributed by atoms with van der Waals surface area (Å²) < 4.78 is 4.71. The van der Waals surface area contributed by atoms with E-state index in [0.29, 0.717) is 0 Å². The molecule has 0 bridgehead atoms. The molecule has 0 saturated carbocycles. The van der Waals surface area contributed by atoms with Crippen molar-refractivity contribution >= 4 is 17.8 Å². The Morgan fingerprint density at radius 1 is 1.31 bits per heavy atom. The predicted molar refractivity (Wildman–Crippen MR) is 56.4 cm³/mol. The maximum atomic E-state index is 11.7. The standard InChI is InChI=1S/C11H17NO4/c1-4-16-10(15)7-12-8(13)5-11(2,3)6-9(12)14/h4-7H2,1-3H3. The van der Waals surface area contributed by atoms with Crippen molar-refractivity contribution in [3.63, 3.8) is 0 Å². The second-order valence-corrected chi connectivity index (χ2v) is 4.70. The number of carbonyl (C=O) groups is 3. The van der Waals surface area contributed by atoms with E-state index in [1.165, 1.54) is 0 Å². The molecule has 0 unspecified atom stereocenters. The molecule has 90 valence electrons. The summed E-state index contributed by atoms with van der Waals surface area (Å²) in [7, 11) is 0. The van der Waals surface area contributed by atoms with Gasteiger partial charge < -0.3 is 4.74 Å². The van der Waals surface area contributed by atoms with Crippen LogP contribution in [0, 0.1) is 5.41 Å². The third kappa shape index (κ3) is 3.05. The van der Waals surface area contributed by atoms with Crippen LogP contribution in [-0.4, -0.2) is 35.8 Å². The van der Waals surface area contributed by atoms with Gasteiger partial charge in [-0.2, -0.15) is 0 Å². The molecule has 0 aromatic heterocycles. The monoisotopic (exact) mass is 227 g/mol. The van der Waals surface area contributed by atoms with Crippen LogP contribution in [0.5, 0.6) is 0 Å². The van der Waals surface area contributed by atoms with Crippen molar-refractivity contribution in [3.8, 4) is 0 Å². The van der Waals surface area contributed by atoms with Crippen LogP contribution in [0.1, 0.15) is 33.6 Å². The number of imide groups is 1. The molecule has 2 amide bonds. The van der Waals surface area contributed by atoms with Gasteiger partial charge in [0.25, 0.3) is 0 Å². The number of ether oxygens (including phenoxy) is 1. The smallest absolute Gasteiger partial charge is 0.326 e. The first-order valence-corrected chi connectivity index (χ1v) is 5.34. The van der Waals surface area contributed by atoms with Gasteiger partial charge in [-0.05, 0) is 12.3 Å². The van der Waals surface area contributed by atoms with E-state index in [1.54, 1.807) is 6.92 Å². The number of esters is 1. The largest absolute Gasteiger partial charge is 0.465 e. The zero-order chi connectivity index (χ0) is 12.3. The van der Waals surface area contributed by atoms with Crippen molar-refractivity contribution in [2.45, 2.75) is 33.6 Å². The van der Waals surface area contributed by atoms with Gasteiger partial charge in [0.05, 0.1) is 6.61 Å². The summed E-state index contributed by atoms with van der Waals surface area (Å²) in [6, 6.07) is 0. The highest BCUT2D eigenvalue weighted by atomic mass is 16.5. The molecule has 1 aliphatic rings. The molecule has 5 nitrogen and oxygen atoms in total. The Kier molecular flexibility index (Phi) is 3.67. The second-order valence-electron chi connectivity index (χ2n) is 4.70. The minimum atomic E-state index is -0.538. The van der Waals surface area contributed by atoms with Crippen LogP contribution in [0.2, 0.25) is 0 Å². The lowest BCUT2D eigenvalue weighted by Crippen LogP contribution is -2.48. The number of carbonyl (C=O) groups excluding carboxylic acids is 3. The van der Waals surface area contributed by atoms with Crippen LogP contribution < -0.4 is 0 Å². The average molecular weight is 227 g/mol. The Morgan fingerprint density at radius 2 is 1.81 bits per heavy atom. The molecule has 1 saturated heterocycles. The first kappa shape index (κ1) is 12.7. The van der Waals surface area contributed by atoms with E-state index in [1.807, 2.05) is 13.8 Å². The lowest BCUT2D eigenvalue weighted by atomic mass is 9.82. The number of hydrogen-bond acceptors (Lipinski definition) is 4. The third-order valence-corrected chi connectivity index (χ3v) is 2.45. The van der Waals surface area contributed by atoms with Gasteiger partial charge in [-0.15, -0.1) is 0 Å². The van der Waals surface area contributed by atoms with Crippen LogP contribution in [0.4, 0.5) is 0 Å². The highest BCUT2D eigenvalue weighted by Crippen LogP contribution is 2.31. The van der Waals surface area contributed by atoms with Crippen molar-refractivity contribution in [1.82, 2.24) is 4.90 Å². The summed E-state index contributed by atoms with van der Waals surface area (Å²) in [5.41, 5.74) is -0.306. The van der Waals surface area contributed by atoms with Gasteiger partial charge in [-0.1, -0.05) is 13.8 Å². The molecule has 1 fully saturated rings. The molecule has 1 rings (SSSR count). The molecule has 5 heteroatoms. The van der Waals surface area contributed by atoms with Crippen LogP contribution in [0.15, 0.2) is 0 Å². The van der Waals surface area contributed by atoms with Gasteiger partial charge >= 0.3 is 5.97 Å². The zero-order valence-electron chi connectivity index (χ0n) is 9.91. The lowest BCUT2D eigenvalue weighted by Gasteiger charge is -2.34. The van der Waals surface area contributed by atoms with E-state index in [9.17, 15) is 14.4 Å². The summed E-state index contributed by atoms with van der Waals surface area (Å²) in [6.07, 6.45) is 0.580. The van der Waals surface area contributed by atoms with Crippen molar-refractivity contribution in [2.75, 3.05) is 13.2 Å². The fourth-order valence-corrected chi connectivity index (χ4v) is 1.72. The minimum Gasteiger partial charge on any atom is -0.465 e. The quantitative estimate of drug-likeness (QED) is 0.526. The Labute approximate surface area is 94.7 Å². The van der Waals surface area contributed by atoms with Crippen LogP contribution in [0.3, 0.4) is 0 Å². The van der Waals surface area contributed by atoms with E-state index in [-0.39, 0.29) is 43.2 Å². The SMILES string of the molecule is CCOC(=O)CN1C(=O)CC(C)(C)CC1=O. The number of amides is 2. The minimum absolute atomic E-state index is 0.251. The Hall–Kier alpha value is -1.39. The Bertz CT molecular complexity index is 302. The zero-order valence-corrected chi connectivity index (χ0v) is 9.91. The topological polar surface area (TPSA) is 63.7 Å². The summed E-state index contributed by atoms with van der Waals surface area (Å²) in [6.45, 7) is 5.40. The molecule has 0 aromatic carbocycles. The van der Waals surface area contributed by atoms with E-state index in [4.69, 9.17) is 4.74 Å². The number of piperidine rings is 1. The molecule has 0 aromatic rings. The van der Waals surface area contributed by atoms with Crippen molar-refractivity contribution < 1.29 is 19.1 Å². The molecule has 0 radical (unpaired) electrons. The van der Waals surface area contributed by atoms with Gasteiger partial charge in [0.1, 0.15) is 6.54 Å². The van der Waals surface area contributed by atoms with Crippen LogP contribution in [-0.2, 0) is 19.1 Å². The van der Waals surface area contributed by atoms with E-state index >= 15 is 0 Å². The van der Waals surface area contributed by atoms with E-state index < -0.39 is 5.97 Å². The second kappa shape index (κ2) is 4.63. The fraction of sp³-hybridized carbons (Fsp3) is 0.727. The van der Waals surface area contributed by atoms with Gasteiger partial charge in [-0.25, -0.2) is 0 Å². The number of rotatable bonds is 3. The normalized spacial score (nSPS) is 19.8. The highest BCUT2D eigenvalue weighted by molar-refractivity contribution is 6.00. The molecule has 0 spiro atoms. The predicted octanol–water partition coefficient (Wildman–Crippen LogP) is 0.725. The third-order valence-electron chi connectivity index (χ3n) is 2.45. The van der Waals surface area contributed by atoms with Crippen molar-refractivity contribution in [3.05, 3.63) is 0 Å². The van der Waals surface area contributed by atoms with E-state index in [2.05, 4.69) is 0 Å². The van der Waals surface area contributed by atoms with Crippen molar-refractivity contribution in [1.29, 1.82) is 0 Å². The summed E-state index contributed by atoms with van der Waals surface area (Å²) in [5, 5.41) is 0. The summed E-state index contributed by atoms with van der Waals surface area (Å²) in [5.74, 6) is -1.13. The molecule has 1 heterocycles.